The molecule has 0 bridgehead atoms. The molecule has 0 heterocycles. The van der Waals surface area contributed by atoms with E-state index in [1.165, 1.54) is 30.0 Å². The maximum absolute atomic E-state index is 10.8. The van der Waals surface area contributed by atoms with Crippen molar-refractivity contribution in [2.75, 3.05) is 0 Å². The molecule has 3 N–H and O–H groups in total. The summed E-state index contributed by atoms with van der Waals surface area (Å²) in [5.74, 6) is -2.09. The van der Waals surface area contributed by atoms with Crippen LogP contribution in [0.3, 0.4) is 0 Å². The van der Waals surface area contributed by atoms with Gasteiger partial charge < -0.3 is 15.3 Å². The fraction of sp³-hybridized carbons (Fsp3) is 0.0667. The van der Waals surface area contributed by atoms with Gasteiger partial charge in [0.05, 0.1) is 16.9 Å². The van der Waals surface area contributed by atoms with E-state index in [0.717, 1.165) is 4.90 Å². The molecule has 6 heteroatoms. The molecule has 5 nitrogen and oxygen atoms in total. The average Bonchev–Trinajstić information content (AvgIpc) is 2.42. The third-order valence-electron chi connectivity index (χ3n) is 2.71. The normalized spacial score (nSPS) is 10.3. The monoisotopic (exact) mass is 304 g/mol. The summed E-state index contributed by atoms with van der Waals surface area (Å²) in [5.41, 5.74) is 0.714. The maximum Gasteiger partial charge on any atom is 0.335 e. The number of phenols is 1. The Labute approximate surface area is 124 Å². The SMILES string of the molecule is O=C(O)Cc1ccc(Sc2ccc(C(=O)O)cc2O)cc1. The molecular formula is C15H12O5S. The number of aliphatic carboxylic acids is 1. The summed E-state index contributed by atoms with van der Waals surface area (Å²) < 4.78 is 0. The lowest BCUT2D eigenvalue weighted by molar-refractivity contribution is -0.136. The number of carboxylic acid groups (broad SMARTS) is 2. The van der Waals surface area contributed by atoms with Gasteiger partial charge in [0.2, 0.25) is 0 Å². The van der Waals surface area contributed by atoms with Gasteiger partial charge >= 0.3 is 11.9 Å². The summed E-state index contributed by atoms with van der Waals surface area (Å²) in [6.07, 6.45) is -0.0382. The van der Waals surface area contributed by atoms with E-state index in [9.17, 15) is 14.7 Å². The molecule has 21 heavy (non-hydrogen) atoms. The van der Waals surface area contributed by atoms with Gasteiger partial charge in [-0.25, -0.2) is 4.79 Å². The predicted molar refractivity (Wildman–Crippen MR) is 77.0 cm³/mol. The number of carboxylic acids is 2. The van der Waals surface area contributed by atoms with Crippen molar-refractivity contribution in [2.45, 2.75) is 16.2 Å². The summed E-state index contributed by atoms with van der Waals surface area (Å²) in [7, 11) is 0. The molecular weight excluding hydrogens is 292 g/mol. The van der Waals surface area contributed by atoms with E-state index in [4.69, 9.17) is 10.2 Å². The first-order chi connectivity index (χ1) is 9.95. The van der Waals surface area contributed by atoms with Gasteiger partial charge in [-0.1, -0.05) is 23.9 Å². The van der Waals surface area contributed by atoms with E-state index in [2.05, 4.69) is 0 Å². The van der Waals surface area contributed by atoms with Gasteiger partial charge in [0, 0.05) is 4.90 Å². The number of carbonyl (C=O) groups is 2. The number of phenolic OH excluding ortho intramolecular Hbond substituents is 1. The molecule has 0 atom stereocenters. The molecule has 0 amide bonds. The van der Waals surface area contributed by atoms with Crippen molar-refractivity contribution in [3.05, 3.63) is 53.6 Å². The van der Waals surface area contributed by atoms with Crippen LogP contribution in [0.1, 0.15) is 15.9 Å². The number of hydrogen-bond donors (Lipinski definition) is 3. The van der Waals surface area contributed by atoms with Crippen molar-refractivity contribution < 1.29 is 24.9 Å². The Morgan fingerprint density at radius 3 is 2.19 bits per heavy atom. The highest BCUT2D eigenvalue weighted by atomic mass is 32.2. The largest absolute Gasteiger partial charge is 0.507 e. The second kappa shape index (κ2) is 6.32. The zero-order chi connectivity index (χ0) is 15.4. The molecule has 108 valence electrons. The molecule has 0 saturated heterocycles. The lowest BCUT2D eigenvalue weighted by Crippen LogP contribution is -1.99. The quantitative estimate of drug-likeness (QED) is 0.786. The van der Waals surface area contributed by atoms with Crippen LogP contribution in [-0.4, -0.2) is 27.3 Å². The van der Waals surface area contributed by atoms with E-state index in [-0.39, 0.29) is 17.7 Å². The van der Waals surface area contributed by atoms with Crippen LogP contribution in [0.5, 0.6) is 5.75 Å². The summed E-state index contributed by atoms with van der Waals surface area (Å²) >= 11 is 1.27. The van der Waals surface area contributed by atoms with Crippen LogP contribution in [-0.2, 0) is 11.2 Å². The van der Waals surface area contributed by atoms with Gasteiger partial charge in [-0.05, 0) is 35.9 Å². The van der Waals surface area contributed by atoms with Crippen molar-refractivity contribution >= 4 is 23.7 Å². The Hall–Kier alpha value is -2.47. The highest BCUT2D eigenvalue weighted by molar-refractivity contribution is 7.99. The minimum atomic E-state index is -1.10. The van der Waals surface area contributed by atoms with Crippen molar-refractivity contribution in [3.63, 3.8) is 0 Å². The Kier molecular flexibility index (Phi) is 4.49. The van der Waals surface area contributed by atoms with Gasteiger partial charge in [0.25, 0.3) is 0 Å². The lowest BCUT2D eigenvalue weighted by Gasteiger charge is -2.06. The summed E-state index contributed by atoms with van der Waals surface area (Å²) in [6.45, 7) is 0. The maximum atomic E-state index is 10.8. The molecule has 0 saturated carbocycles. The van der Waals surface area contributed by atoms with Gasteiger partial charge in [-0.2, -0.15) is 0 Å². The first-order valence-corrected chi connectivity index (χ1v) is 6.82. The Morgan fingerprint density at radius 2 is 1.67 bits per heavy atom. The lowest BCUT2D eigenvalue weighted by atomic mass is 10.2. The highest BCUT2D eigenvalue weighted by Gasteiger charge is 2.09. The molecule has 0 spiro atoms. The summed E-state index contributed by atoms with van der Waals surface area (Å²) in [4.78, 5) is 22.7. The van der Waals surface area contributed by atoms with Crippen molar-refractivity contribution in [2.24, 2.45) is 0 Å². The van der Waals surface area contributed by atoms with Gasteiger partial charge in [0.15, 0.2) is 0 Å². The van der Waals surface area contributed by atoms with E-state index < -0.39 is 11.9 Å². The summed E-state index contributed by atoms with van der Waals surface area (Å²) in [6, 6.07) is 11.1. The molecule has 0 aliphatic heterocycles. The smallest absolute Gasteiger partial charge is 0.335 e. The Bertz CT molecular complexity index is 679. The number of benzene rings is 2. The van der Waals surface area contributed by atoms with Crippen LogP contribution >= 0.6 is 11.8 Å². The number of rotatable bonds is 5. The number of hydrogen-bond acceptors (Lipinski definition) is 4. The molecule has 0 aliphatic rings. The van der Waals surface area contributed by atoms with Crippen molar-refractivity contribution in [1.29, 1.82) is 0 Å². The molecule has 2 aromatic rings. The van der Waals surface area contributed by atoms with E-state index >= 15 is 0 Å². The molecule has 2 rings (SSSR count). The number of aromatic hydroxyl groups is 1. The van der Waals surface area contributed by atoms with Crippen LogP contribution in [0.25, 0.3) is 0 Å². The van der Waals surface area contributed by atoms with Crippen LogP contribution in [0, 0.1) is 0 Å². The molecule has 0 fully saturated rings. The average molecular weight is 304 g/mol. The third kappa shape index (κ3) is 4.00. The second-order valence-electron chi connectivity index (χ2n) is 4.30. The van der Waals surface area contributed by atoms with Crippen LogP contribution in [0.4, 0.5) is 0 Å². The van der Waals surface area contributed by atoms with E-state index in [1.54, 1.807) is 24.3 Å². The minimum absolute atomic E-state index is 0.0219. The first-order valence-electron chi connectivity index (χ1n) is 6.00. The summed E-state index contributed by atoms with van der Waals surface area (Å²) in [5, 5.41) is 27.3. The van der Waals surface area contributed by atoms with E-state index in [1.807, 2.05) is 0 Å². The standard InChI is InChI=1S/C15H12O5S/c16-12-8-10(15(19)20)3-6-13(12)21-11-4-1-9(2-5-11)7-14(17)18/h1-6,8,16H,7H2,(H,17,18)(H,19,20). The predicted octanol–water partition coefficient (Wildman–Crippen LogP) is 2.87. The second-order valence-corrected chi connectivity index (χ2v) is 5.42. The van der Waals surface area contributed by atoms with Crippen LogP contribution in [0.2, 0.25) is 0 Å². The molecule has 0 radical (unpaired) electrons. The highest BCUT2D eigenvalue weighted by Crippen LogP contribution is 2.34. The van der Waals surface area contributed by atoms with Crippen molar-refractivity contribution in [1.82, 2.24) is 0 Å². The van der Waals surface area contributed by atoms with Gasteiger partial charge in [0.1, 0.15) is 5.75 Å². The molecule has 2 aromatic carbocycles. The Morgan fingerprint density at radius 1 is 1.00 bits per heavy atom. The molecule has 0 unspecified atom stereocenters. The Balaban J connectivity index is 2.14. The van der Waals surface area contributed by atoms with Gasteiger partial charge in [-0.3, -0.25) is 4.79 Å². The fourth-order valence-corrected chi connectivity index (χ4v) is 2.54. The zero-order valence-electron chi connectivity index (χ0n) is 10.8. The van der Waals surface area contributed by atoms with Crippen molar-refractivity contribution in [3.8, 4) is 5.75 Å². The molecule has 0 aliphatic carbocycles. The van der Waals surface area contributed by atoms with Gasteiger partial charge in [-0.15, -0.1) is 0 Å². The number of aromatic carboxylic acids is 1. The third-order valence-corrected chi connectivity index (χ3v) is 3.79. The van der Waals surface area contributed by atoms with Crippen LogP contribution < -0.4 is 0 Å². The zero-order valence-corrected chi connectivity index (χ0v) is 11.6. The first kappa shape index (κ1) is 14.9. The fourth-order valence-electron chi connectivity index (χ4n) is 1.71. The topological polar surface area (TPSA) is 94.8 Å². The van der Waals surface area contributed by atoms with E-state index in [0.29, 0.717) is 10.5 Å². The van der Waals surface area contributed by atoms with Crippen LogP contribution in [0.15, 0.2) is 52.3 Å². The molecule has 0 aromatic heterocycles. The minimum Gasteiger partial charge on any atom is -0.507 e.